The summed E-state index contributed by atoms with van der Waals surface area (Å²) in [6, 6.07) is 15.1. The Kier molecular flexibility index (Phi) is 4.39. The van der Waals surface area contributed by atoms with Gasteiger partial charge in [-0.1, -0.05) is 12.1 Å². The van der Waals surface area contributed by atoms with Gasteiger partial charge in [0, 0.05) is 16.8 Å². The molecule has 2 aromatic carbocycles. The average molecular weight is 325 g/mol. The van der Waals surface area contributed by atoms with Gasteiger partial charge in [-0.2, -0.15) is 5.10 Å². The van der Waals surface area contributed by atoms with Crippen LogP contribution in [-0.2, 0) is 6.54 Å². The van der Waals surface area contributed by atoms with Gasteiger partial charge in [-0.3, -0.25) is 14.7 Å². The Morgan fingerprint density at radius 1 is 1.17 bits per heavy atom. The van der Waals surface area contributed by atoms with Crippen LogP contribution in [0.4, 0.5) is 4.39 Å². The van der Waals surface area contributed by atoms with Crippen molar-refractivity contribution in [3.05, 3.63) is 77.2 Å². The number of nitrogens with one attached hydrogen (secondary N) is 1. The molecule has 5 nitrogen and oxygen atoms in total. The first kappa shape index (κ1) is 15.9. The van der Waals surface area contributed by atoms with E-state index in [4.69, 9.17) is 5.21 Å². The van der Waals surface area contributed by atoms with Gasteiger partial charge in [0.15, 0.2) is 0 Å². The molecule has 0 fully saturated rings. The SMILES string of the molecule is Cc1cc(-c2ccc(F)cc2)nn1Cc1ccc(C(=O)NO)cc1. The molecule has 122 valence electrons. The zero-order valence-corrected chi connectivity index (χ0v) is 13.0. The van der Waals surface area contributed by atoms with Gasteiger partial charge in [0.2, 0.25) is 0 Å². The van der Waals surface area contributed by atoms with E-state index in [-0.39, 0.29) is 5.82 Å². The first-order chi connectivity index (χ1) is 11.6. The number of nitrogens with zero attached hydrogens (tertiary/aromatic N) is 2. The van der Waals surface area contributed by atoms with Crippen molar-refractivity contribution in [1.82, 2.24) is 15.3 Å². The molecule has 6 heteroatoms. The fourth-order valence-corrected chi connectivity index (χ4v) is 2.43. The number of aromatic nitrogens is 2. The summed E-state index contributed by atoms with van der Waals surface area (Å²) in [7, 11) is 0. The van der Waals surface area contributed by atoms with Crippen LogP contribution >= 0.6 is 0 Å². The molecule has 0 saturated heterocycles. The van der Waals surface area contributed by atoms with E-state index >= 15 is 0 Å². The van der Waals surface area contributed by atoms with Crippen LogP contribution in [0, 0.1) is 12.7 Å². The lowest BCUT2D eigenvalue weighted by molar-refractivity contribution is 0.0706. The Labute approximate surface area is 138 Å². The van der Waals surface area contributed by atoms with Crippen LogP contribution in [0.15, 0.2) is 54.6 Å². The Morgan fingerprint density at radius 3 is 2.46 bits per heavy atom. The van der Waals surface area contributed by atoms with Gasteiger partial charge in [-0.05, 0) is 55.0 Å². The van der Waals surface area contributed by atoms with Crippen LogP contribution in [0.1, 0.15) is 21.6 Å². The third-order valence-electron chi connectivity index (χ3n) is 3.77. The number of amides is 1. The topological polar surface area (TPSA) is 67.2 Å². The molecule has 0 aliphatic rings. The van der Waals surface area contributed by atoms with Crippen LogP contribution < -0.4 is 5.48 Å². The molecule has 0 atom stereocenters. The minimum absolute atomic E-state index is 0.276. The Hall–Kier alpha value is -2.99. The zero-order valence-electron chi connectivity index (χ0n) is 13.0. The molecular formula is C18H16FN3O2. The fraction of sp³-hybridized carbons (Fsp3) is 0.111. The molecule has 24 heavy (non-hydrogen) atoms. The van der Waals surface area contributed by atoms with Crippen molar-refractivity contribution in [2.45, 2.75) is 13.5 Å². The first-order valence-electron chi connectivity index (χ1n) is 7.40. The summed E-state index contributed by atoms with van der Waals surface area (Å²) in [6.07, 6.45) is 0. The molecule has 1 heterocycles. The molecule has 2 N–H and O–H groups in total. The molecule has 0 saturated carbocycles. The van der Waals surface area contributed by atoms with Crippen molar-refractivity contribution < 1.29 is 14.4 Å². The second-order valence-electron chi connectivity index (χ2n) is 5.47. The Morgan fingerprint density at radius 2 is 1.83 bits per heavy atom. The highest BCUT2D eigenvalue weighted by Crippen LogP contribution is 2.20. The van der Waals surface area contributed by atoms with Crippen molar-refractivity contribution in [2.24, 2.45) is 0 Å². The summed E-state index contributed by atoms with van der Waals surface area (Å²) in [5, 5.41) is 13.2. The third-order valence-corrected chi connectivity index (χ3v) is 3.77. The first-order valence-corrected chi connectivity index (χ1v) is 7.40. The van der Waals surface area contributed by atoms with Gasteiger partial charge < -0.3 is 0 Å². The van der Waals surface area contributed by atoms with Gasteiger partial charge in [0.25, 0.3) is 5.91 Å². The van der Waals surface area contributed by atoms with E-state index in [2.05, 4.69) is 5.10 Å². The summed E-state index contributed by atoms with van der Waals surface area (Å²) in [6.45, 7) is 2.50. The van der Waals surface area contributed by atoms with Crippen molar-refractivity contribution in [3.8, 4) is 11.3 Å². The van der Waals surface area contributed by atoms with Crippen LogP contribution in [0.5, 0.6) is 0 Å². The maximum absolute atomic E-state index is 13.0. The van der Waals surface area contributed by atoms with Crippen molar-refractivity contribution >= 4 is 5.91 Å². The average Bonchev–Trinajstić information content (AvgIpc) is 2.96. The highest BCUT2D eigenvalue weighted by Gasteiger charge is 2.08. The largest absolute Gasteiger partial charge is 0.288 e. The number of carbonyl (C=O) groups is 1. The highest BCUT2D eigenvalue weighted by molar-refractivity contribution is 5.93. The summed E-state index contributed by atoms with van der Waals surface area (Å²) >= 11 is 0. The molecule has 1 amide bonds. The van der Waals surface area contributed by atoms with Crippen LogP contribution in [0.2, 0.25) is 0 Å². The summed E-state index contributed by atoms with van der Waals surface area (Å²) in [4.78, 5) is 11.3. The van der Waals surface area contributed by atoms with E-state index in [1.165, 1.54) is 12.1 Å². The monoisotopic (exact) mass is 325 g/mol. The van der Waals surface area contributed by atoms with E-state index in [9.17, 15) is 9.18 Å². The van der Waals surface area contributed by atoms with Gasteiger partial charge in [0.05, 0.1) is 12.2 Å². The lowest BCUT2D eigenvalue weighted by atomic mass is 10.1. The number of hydrogen-bond donors (Lipinski definition) is 2. The predicted octanol–water partition coefficient (Wildman–Crippen LogP) is 3.16. The number of rotatable bonds is 4. The van der Waals surface area contributed by atoms with E-state index in [0.717, 1.165) is 22.5 Å². The Balaban J connectivity index is 1.80. The van der Waals surface area contributed by atoms with Crippen molar-refractivity contribution in [1.29, 1.82) is 0 Å². The number of hydroxylamine groups is 1. The normalized spacial score (nSPS) is 10.6. The second-order valence-corrected chi connectivity index (χ2v) is 5.47. The predicted molar refractivity (Wildman–Crippen MR) is 87.2 cm³/mol. The van der Waals surface area contributed by atoms with Crippen LogP contribution in [0.25, 0.3) is 11.3 Å². The lowest BCUT2D eigenvalue weighted by Crippen LogP contribution is -2.18. The number of carbonyl (C=O) groups excluding carboxylic acids is 1. The lowest BCUT2D eigenvalue weighted by Gasteiger charge is -2.06. The standard InChI is InChI=1S/C18H16FN3O2/c1-12-10-17(14-6-8-16(19)9-7-14)20-22(12)11-13-2-4-15(5-3-13)18(23)21-24/h2-10,24H,11H2,1H3,(H,21,23). The Bertz CT molecular complexity index is 855. The zero-order chi connectivity index (χ0) is 17.1. The fourth-order valence-electron chi connectivity index (χ4n) is 2.43. The van der Waals surface area contributed by atoms with E-state index in [1.807, 2.05) is 29.8 Å². The molecule has 0 aliphatic heterocycles. The second kappa shape index (κ2) is 6.64. The molecule has 0 radical (unpaired) electrons. The van der Waals surface area contributed by atoms with Crippen molar-refractivity contribution in [3.63, 3.8) is 0 Å². The number of halogens is 1. The minimum atomic E-state index is -0.546. The summed E-state index contributed by atoms with van der Waals surface area (Å²) in [5.41, 5.74) is 5.57. The van der Waals surface area contributed by atoms with Crippen LogP contribution in [0.3, 0.4) is 0 Å². The minimum Gasteiger partial charge on any atom is -0.288 e. The molecule has 0 bridgehead atoms. The van der Waals surface area contributed by atoms with Gasteiger partial charge in [-0.15, -0.1) is 0 Å². The van der Waals surface area contributed by atoms with Crippen LogP contribution in [-0.4, -0.2) is 20.9 Å². The van der Waals surface area contributed by atoms with Gasteiger partial charge in [-0.25, -0.2) is 9.87 Å². The van der Waals surface area contributed by atoms with Gasteiger partial charge >= 0.3 is 0 Å². The molecule has 0 unspecified atom stereocenters. The number of benzene rings is 2. The maximum atomic E-state index is 13.0. The quantitative estimate of drug-likeness (QED) is 0.572. The van der Waals surface area contributed by atoms with E-state index < -0.39 is 5.91 Å². The highest BCUT2D eigenvalue weighted by atomic mass is 19.1. The summed E-state index contributed by atoms with van der Waals surface area (Å²) < 4.78 is 14.9. The van der Waals surface area contributed by atoms with Gasteiger partial charge in [0.1, 0.15) is 5.82 Å². The molecule has 3 rings (SSSR count). The third kappa shape index (κ3) is 3.33. The molecule has 0 aliphatic carbocycles. The molecular weight excluding hydrogens is 309 g/mol. The molecule has 0 spiro atoms. The number of hydrogen-bond acceptors (Lipinski definition) is 3. The summed E-state index contributed by atoms with van der Waals surface area (Å²) in [5.74, 6) is -0.822. The molecule has 3 aromatic rings. The number of aryl methyl sites for hydroxylation is 1. The maximum Gasteiger partial charge on any atom is 0.274 e. The van der Waals surface area contributed by atoms with E-state index in [0.29, 0.717) is 12.1 Å². The van der Waals surface area contributed by atoms with Crippen molar-refractivity contribution in [2.75, 3.05) is 0 Å². The molecule has 1 aromatic heterocycles. The smallest absolute Gasteiger partial charge is 0.274 e. The van der Waals surface area contributed by atoms with E-state index in [1.54, 1.807) is 29.7 Å².